The number of halogens is 8. The Morgan fingerprint density at radius 2 is 1.26 bits per heavy atom. The normalized spacial score (nSPS) is 11.8. The second-order valence-electron chi connectivity index (χ2n) is 10.7. The molecule has 0 radical (unpaired) electrons. The van der Waals surface area contributed by atoms with Gasteiger partial charge in [0.1, 0.15) is 28.8 Å². The van der Waals surface area contributed by atoms with Crippen molar-refractivity contribution in [3.63, 3.8) is 0 Å². The first-order valence-electron chi connectivity index (χ1n) is 14.6. The molecule has 242 valence electrons. The lowest BCUT2D eigenvalue weighted by Crippen LogP contribution is -2.25. The molecular formula is C36H26F8N2O. The summed E-state index contributed by atoms with van der Waals surface area (Å²) in [5.41, 5.74) is 0.558. The summed E-state index contributed by atoms with van der Waals surface area (Å²) < 4.78 is 118. The lowest BCUT2D eigenvalue weighted by molar-refractivity contribution is -0.189. The molecule has 0 saturated heterocycles. The molecule has 0 atom stereocenters. The number of alkyl halides is 2. The maximum absolute atomic E-state index is 15.0. The number of ether oxygens (including phenoxy) is 1. The van der Waals surface area contributed by atoms with Gasteiger partial charge in [0, 0.05) is 35.7 Å². The van der Waals surface area contributed by atoms with Gasteiger partial charge in [-0.05, 0) is 53.3 Å². The molecule has 5 rings (SSSR count). The van der Waals surface area contributed by atoms with Gasteiger partial charge in [0.05, 0.1) is 0 Å². The summed E-state index contributed by atoms with van der Waals surface area (Å²) in [6.07, 6.45) is 6.55. The van der Waals surface area contributed by atoms with Crippen molar-refractivity contribution in [3.8, 4) is 28.3 Å². The number of benzene rings is 4. The molecule has 0 aliphatic carbocycles. The summed E-state index contributed by atoms with van der Waals surface area (Å²) >= 11 is 0. The summed E-state index contributed by atoms with van der Waals surface area (Å²) in [6, 6.07) is 12.3. The number of hydrogen-bond donors (Lipinski definition) is 0. The number of rotatable bonds is 11. The zero-order valence-electron chi connectivity index (χ0n) is 24.8. The fourth-order valence-corrected chi connectivity index (χ4v) is 4.81. The summed E-state index contributed by atoms with van der Waals surface area (Å²) in [4.78, 5) is 8.90. The first-order valence-corrected chi connectivity index (χ1v) is 14.6. The van der Waals surface area contributed by atoms with Gasteiger partial charge in [-0.15, -0.1) is 0 Å². The molecule has 47 heavy (non-hydrogen) atoms. The standard InChI is InChI=1S/C36H26F8N2O/c1-2-3-4-5-23-19-45-35(46-20-23)24-11-8-21(9-12-24)6-7-22-10-13-27(28(37)14-22)25-15-29(38)33(30(39)16-25)36(43,44)47-26-17-31(40)34(42)32(41)18-26/h6-20H,2-5H2,1H3. The van der Waals surface area contributed by atoms with Crippen molar-refractivity contribution >= 4 is 12.2 Å². The molecule has 0 unspecified atom stereocenters. The Kier molecular flexibility index (Phi) is 10.0. The maximum Gasteiger partial charge on any atom is 0.432 e. The molecule has 0 aliphatic heterocycles. The molecular weight excluding hydrogens is 628 g/mol. The smallest absolute Gasteiger partial charge is 0.429 e. The number of aromatic nitrogens is 2. The Bertz CT molecular complexity index is 1860. The van der Waals surface area contributed by atoms with E-state index in [1.54, 1.807) is 12.2 Å². The third-order valence-electron chi connectivity index (χ3n) is 7.25. The third kappa shape index (κ3) is 7.85. The molecule has 1 heterocycles. The van der Waals surface area contributed by atoms with E-state index < -0.39 is 57.9 Å². The quantitative estimate of drug-likeness (QED) is 0.0615. The average Bonchev–Trinajstić information content (AvgIpc) is 3.02. The molecule has 0 amide bonds. The van der Waals surface area contributed by atoms with Crippen LogP contribution in [0.15, 0.2) is 79.1 Å². The second-order valence-corrected chi connectivity index (χ2v) is 10.7. The number of aryl methyl sites for hydroxylation is 1. The zero-order valence-corrected chi connectivity index (χ0v) is 24.8. The Hall–Kier alpha value is -5.06. The second kappa shape index (κ2) is 14.1. The predicted molar refractivity (Wildman–Crippen MR) is 162 cm³/mol. The van der Waals surface area contributed by atoms with Crippen LogP contribution in [0.5, 0.6) is 5.75 Å². The highest BCUT2D eigenvalue weighted by Crippen LogP contribution is 2.38. The monoisotopic (exact) mass is 654 g/mol. The van der Waals surface area contributed by atoms with Crippen molar-refractivity contribution in [1.82, 2.24) is 9.97 Å². The average molecular weight is 655 g/mol. The highest BCUT2D eigenvalue weighted by Gasteiger charge is 2.41. The minimum Gasteiger partial charge on any atom is -0.429 e. The molecule has 5 aromatic rings. The molecule has 4 aromatic carbocycles. The van der Waals surface area contributed by atoms with Crippen LogP contribution in [0.25, 0.3) is 34.7 Å². The topological polar surface area (TPSA) is 35.0 Å². The molecule has 0 fully saturated rings. The molecule has 0 spiro atoms. The fourth-order valence-electron chi connectivity index (χ4n) is 4.81. The summed E-state index contributed by atoms with van der Waals surface area (Å²) in [6.45, 7) is 2.15. The van der Waals surface area contributed by atoms with Crippen molar-refractivity contribution in [2.75, 3.05) is 0 Å². The van der Waals surface area contributed by atoms with E-state index in [0.717, 1.165) is 48.4 Å². The molecule has 0 aliphatic rings. The van der Waals surface area contributed by atoms with E-state index >= 15 is 4.39 Å². The Morgan fingerprint density at radius 1 is 0.660 bits per heavy atom. The van der Waals surface area contributed by atoms with Gasteiger partial charge in [-0.3, -0.25) is 0 Å². The number of unbranched alkanes of at least 4 members (excludes halogenated alkanes) is 2. The van der Waals surface area contributed by atoms with Crippen LogP contribution in [0.4, 0.5) is 35.1 Å². The SMILES string of the molecule is CCCCCc1cnc(-c2ccc(C=Cc3ccc(-c4cc(F)c(C(F)(F)Oc5cc(F)c(F)c(F)c5)c(F)c4)c(F)c3)cc2)nc1. The van der Waals surface area contributed by atoms with Gasteiger partial charge in [0.2, 0.25) is 0 Å². The van der Waals surface area contributed by atoms with Crippen LogP contribution < -0.4 is 4.74 Å². The number of hydrogen-bond acceptors (Lipinski definition) is 3. The van der Waals surface area contributed by atoms with E-state index in [1.165, 1.54) is 12.1 Å². The highest BCUT2D eigenvalue weighted by atomic mass is 19.3. The van der Waals surface area contributed by atoms with Crippen LogP contribution in [0.1, 0.15) is 48.4 Å². The van der Waals surface area contributed by atoms with Gasteiger partial charge >= 0.3 is 6.11 Å². The van der Waals surface area contributed by atoms with Crippen molar-refractivity contribution in [1.29, 1.82) is 0 Å². The van der Waals surface area contributed by atoms with Gasteiger partial charge in [0.15, 0.2) is 23.3 Å². The van der Waals surface area contributed by atoms with Gasteiger partial charge in [-0.1, -0.05) is 68.3 Å². The minimum absolute atomic E-state index is 0.0979. The lowest BCUT2D eigenvalue weighted by atomic mass is 10.00. The molecule has 0 bridgehead atoms. The first kappa shape index (κ1) is 33.3. The van der Waals surface area contributed by atoms with E-state index in [-0.39, 0.29) is 17.7 Å². The Morgan fingerprint density at radius 3 is 1.85 bits per heavy atom. The van der Waals surface area contributed by atoms with E-state index in [4.69, 9.17) is 0 Å². The molecule has 1 aromatic heterocycles. The van der Waals surface area contributed by atoms with Crippen LogP contribution in [-0.4, -0.2) is 9.97 Å². The van der Waals surface area contributed by atoms with Crippen molar-refractivity contribution < 1.29 is 39.9 Å². The summed E-state index contributed by atoms with van der Waals surface area (Å²) in [5, 5.41) is 0. The van der Waals surface area contributed by atoms with Gasteiger partial charge < -0.3 is 4.74 Å². The van der Waals surface area contributed by atoms with E-state index in [1.807, 2.05) is 36.7 Å². The van der Waals surface area contributed by atoms with Gasteiger partial charge in [0.25, 0.3) is 0 Å². The van der Waals surface area contributed by atoms with Crippen LogP contribution in [-0.2, 0) is 12.5 Å². The van der Waals surface area contributed by atoms with E-state index in [2.05, 4.69) is 21.6 Å². The lowest BCUT2D eigenvalue weighted by Gasteiger charge is -2.20. The van der Waals surface area contributed by atoms with Crippen LogP contribution in [0.2, 0.25) is 0 Å². The molecule has 0 N–H and O–H groups in total. The summed E-state index contributed by atoms with van der Waals surface area (Å²) in [5.74, 6) is -10.8. The minimum atomic E-state index is -4.76. The van der Waals surface area contributed by atoms with Gasteiger partial charge in [-0.2, -0.15) is 8.78 Å². The Labute approximate surface area is 265 Å². The molecule has 3 nitrogen and oxygen atoms in total. The Balaban J connectivity index is 1.28. The first-order chi connectivity index (χ1) is 22.4. The van der Waals surface area contributed by atoms with Crippen LogP contribution >= 0.6 is 0 Å². The van der Waals surface area contributed by atoms with Crippen molar-refractivity contribution in [3.05, 3.63) is 136 Å². The molecule has 11 heteroatoms. The largest absolute Gasteiger partial charge is 0.432 e. The maximum atomic E-state index is 15.0. The van der Waals surface area contributed by atoms with Crippen molar-refractivity contribution in [2.24, 2.45) is 0 Å². The van der Waals surface area contributed by atoms with Gasteiger partial charge in [-0.25, -0.2) is 36.3 Å². The predicted octanol–water partition coefficient (Wildman–Crippen LogP) is 10.7. The van der Waals surface area contributed by atoms with Crippen LogP contribution in [0, 0.1) is 34.9 Å². The zero-order chi connectivity index (χ0) is 33.7. The number of nitrogens with zero attached hydrogens (tertiary/aromatic N) is 2. The summed E-state index contributed by atoms with van der Waals surface area (Å²) in [7, 11) is 0. The van der Waals surface area contributed by atoms with Crippen molar-refractivity contribution in [2.45, 2.75) is 38.7 Å². The van der Waals surface area contributed by atoms with E-state index in [9.17, 15) is 30.7 Å². The molecule has 0 saturated carbocycles. The highest BCUT2D eigenvalue weighted by molar-refractivity contribution is 5.73. The third-order valence-corrected chi connectivity index (χ3v) is 7.25. The van der Waals surface area contributed by atoms with Crippen LogP contribution in [0.3, 0.4) is 0 Å². The van der Waals surface area contributed by atoms with E-state index in [0.29, 0.717) is 23.5 Å². The fraction of sp³-hybridized carbons (Fsp3) is 0.167.